The monoisotopic (exact) mass is 528 g/mol. The molecule has 1 aromatic heterocycles. The summed E-state index contributed by atoms with van der Waals surface area (Å²) < 4.78 is 27.9. The molecule has 4 aromatic rings. The molecule has 0 aliphatic heterocycles. The predicted molar refractivity (Wildman–Crippen MR) is 138 cm³/mol. The Kier molecular flexibility index (Phi) is 7.57. The average molecular weight is 529 g/mol. The van der Waals surface area contributed by atoms with Crippen molar-refractivity contribution in [2.75, 3.05) is 6.26 Å². The number of amides is 1. The smallest absolute Gasteiger partial charge is 0.243 e. The van der Waals surface area contributed by atoms with Crippen LogP contribution >= 0.6 is 23.2 Å². The number of carbonyl (C=O) groups is 1. The van der Waals surface area contributed by atoms with Gasteiger partial charge in [-0.15, -0.1) is 0 Å². The van der Waals surface area contributed by atoms with Crippen LogP contribution in [0.4, 0.5) is 0 Å². The number of carbonyl (C=O) groups excluding carboxylic acids is 1. The normalized spacial score (nSPS) is 12.3. The Morgan fingerprint density at radius 3 is 2.14 bits per heavy atom. The first-order valence-corrected chi connectivity index (χ1v) is 13.2. The molecule has 35 heavy (non-hydrogen) atoms. The van der Waals surface area contributed by atoms with E-state index < -0.39 is 22.0 Å². The van der Waals surface area contributed by atoms with Crippen LogP contribution in [0.2, 0.25) is 10.0 Å². The van der Waals surface area contributed by atoms with Crippen molar-refractivity contribution in [1.29, 1.82) is 0 Å². The van der Waals surface area contributed by atoms with Gasteiger partial charge < -0.3 is 5.32 Å². The van der Waals surface area contributed by atoms with Crippen molar-refractivity contribution in [3.05, 3.63) is 106 Å². The summed E-state index contributed by atoms with van der Waals surface area (Å²) in [4.78, 5) is 13.0. The standard InChI is InChI=1S/C25H22Cl2N4O3S/c1-35(33,34)30-24(18-5-3-2-4-6-18)25(32)28-16-21-15-23(17-7-9-19(26)10-8-17)31(29-21)22-13-11-20(27)12-14-22/h2-15,24,30H,16H2,1H3,(H,28,32)/t24-/m0/s1. The molecule has 0 unspecified atom stereocenters. The van der Waals surface area contributed by atoms with E-state index in [1.165, 1.54) is 0 Å². The quantitative estimate of drug-likeness (QED) is 0.345. The van der Waals surface area contributed by atoms with E-state index in [-0.39, 0.29) is 6.54 Å². The molecule has 7 nitrogen and oxygen atoms in total. The Morgan fingerprint density at radius 2 is 1.54 bits per heavy atom. The molecule has 180 valence electrons. The molecule has 10 heteroatoms. The summed E-state index contributed by atoms with van der Waals surface area (Å²) in [5, 5.41) is 8.69. The molecule has 0 spiro atoms. The maximum absolute atomic E-state index is 13.0. The molecular weight excluding hydrogens is 507 g/mol. The summed E-state index contributed by atoms with van der Waals surface area (Å²) in [7, 11) is -3.63. The van der Waals surface area contributed by atoms with Crippen molar-refractivity contribution in [3.63, 3.8) is 0 Å². The topological polar surface area (TPSA) is 93.1 Å². The second kappa shape index (κ2) is 10.6. The van der Waals surface area contributed by atoms with Gasteiger partial charge in [-0.2, -0.15) is 9.82 Å². The van der Waals surface area contributed by atoms with Gasteiger partial charge in [-0.1, -0.05) is 65.7 Å². The van der Waals surface area contributed by atoms with Crippen molar-refractivity contribution in [2.45, 2.75) is 12.6 Å². The SMILES string of the molecule is CS(=O)(=O)N[C@H](C(=O)NCc1cc(-c2ccc(Cl)cc2)n(-c2ccc(Cl)cc2)n1)c1ccccc1. The first-order chi connectivity index (χ1) is 16.7. The third kappa shape index (κ3) is 6.49. The first-order valence-electron chi connectivity index (χ1n) is 10.6. The predicted octanol–water partition coefficient (Wildman–Crippen LogP) is 4.75. The fourth-order valence-corrected chi connectivity index (χ4v) is 4.46. The van der Waals surface area contributed by atoms with E-state index in [1.807, 2.05) is 30.3 Å². The summed E-state index contributed by atoms with van der Waals surface area (Å²) in [6, 6.07) is 24.0. The third-order valence-corrected chi connectivity index (χ3v) is 6.31. The van der Waals surface area contributed by atoms with Crippen molar-refractivity contribution in [1.82, 2.24) is 19.8 Å². The summed E-state index contributed by atoms with van der Waals surface area (Å²) in [5.74, 6) is -0.490. The molecule has 0 saturated carbocycles. The molecule has 1 heterocycles. The van der Waals surface area contributed by atoms with Gasteiger partial charge in [0.05, 0.1) is 29.9 Å². The van der Waals surface area contributed by atoms with Gasteiger partial charge in [-0.25, -0.2) is 13.1 Å². The Labute approximate surface area is 213 Å². The van der Waals surface area contributed by atoms with Crippen LogP contribution in [-0.4, -0.2) is 30.4 Å². The highest BCUT2D eigenvalue weighted by Gasteiger charge is 2.24. The van der Waals surface area contributed by atoms with Crippen LogP contribution in [0.15, 0.2) is 84.9 Å². The van der Waals surface area contributed by atoms with Crippen molar-refractivity contribution in [3.8, 4) is 16.9 Å². The molecule has 2 N–H and O–H groups in total. The van der Waals surface area contributed by atoms with Gasteiger partial charge in [0.2, 0.25) is 15.9 Å². The number of hydrogen-bond donors (Lipinski definition) is 2. The van der Waals surface area contributed by atoms with Crippen molar-refractivity contribution >= 4 is 39.1 Å². The molecule has 0 radical (unpaired) electrons. The zero-order valence-electron chi connectivity index (χ0n) is 18.7. The lowest BCUT2D eigenvalue weighted by molar-refractivity contribution is -0.123. The number of sulfonamides is 1. The lowest BCUT2D eigenvalue weighted by Crippen LogP contribution is -2.39. The molecule has 0 fully saturated rings. The van der Waals surface area contributed by atoms with Crippen LogP contribution in [0.1, 0.15) is 17.3 Å². The average Bonchev–Trinajstić information content (AvgIpc) is 3.26. The first kappa shape index (κ1) is 24.9. The summed E-state index contributed by atoms with van der Waals surface area (Å²) in [5.41, 5.74) is 3.59. The van der Waals surface area contributed by atoms with Gasteiger partial charge in [-0.3, -0.25) is 4.79 Å². The van der Waals surface area contributed by atoms with Crippen molar-refractivity contribution < 1.29 is 13.2 Å². The lowest BCUT2D eigenvalue weighted by Gasteiger charge is -2.17. The van der Waals surface area contributed by atoms with Crippen LogP contribution in [0.25, 0.3) is 16.9 Å². The molecule has 0 aliphatic carbocycles. The molecule has 0 bridgehead atoms. The largest absolute Gasteiger partial charge is 0.349 e. The Balaban J connectivity index is 1.62. The fourth-order valence-electron chi connectivity index (χ4n) is 3.53. The van der Waals surface area contributed by atoms with Gasteiger partial charge in [-0.05, 0) is 48.0 Å². The summed E-state index contributed by atoms with van der Waals surface area (Å²) in [6.07, 6.45) is 1.02. The minimum atomic E-state index is -3.63. The highest BCUT2D eigenvalue weighted by molar-refractivity contribution is 7.88. The number of hydrogen-bond acceptors (Lipinski definition) is 4. The minimum Gasteiger partial charge on any atom is -0.349 e. The number of rotatable bonds is 8. The Hall–Kier alpha value is -3.17. The lowest BCUT2D eigenvalue weighted by atomic mass is 10.1. The van der Waals surface area contributed by atoms with Crippen LogP contribution in [-0.2, 0) is 21.4 Å². The zero-order chi connectivity index (χ0) is 25.0. The van der Waals surface area contributed by atoms with Gasteiger partial charge >= 0.3 is 0 Å². The van der Waals surface area contributed by atoms with Gasteiger partial charge in [0, 0.05) is 15.6 Å². The van der Waals surface area contributed by atoms with Gasteiger partial charge in [0.25, 0.3) is 0 Å². The van der Waals surface area contributed by atoms with E-state index >= 15 is 0 Å². The summed E-state index contributed by atoms with van der Waals surface area (Å²) >= 11 is 12.1. The van der Waals surface area contributed by atoms with E-state index in [9.17, 15) is 13.2 Å². The second-order valence-electron chi connectivity index (χ2n) is 7.87. The zero-order valence-corrected chi connectivity index (χ0v) is 21.0. The molecule has 0 aliphatic rings. The van der Waals surface area contributed by atoms with Crippen molar-refractivity contribution in [2.24, 2.45) is 0 Å². The molecule has 0 saturated heterocycles. The van der Waals surface area contributed by atoms with Crippen LogP contribution in [0, 0.1) is 0 Å². The number of nitrogens with zero attached hydrogens (tertiary/aromatic N) is 2. The maximum atomic E-state index is 13.0. The van der Waals surface area contributed by atoms with Crippen LogP contribution in [0.5, 0.6) is 0 Å². The number of nitrogens with one attached hydrogen (secondary N) is 2. The molecule has 3 aromatic carbocycles. The molecule has 1 amide bonds. The molecule has 1 atom stereocenters. The van der Waals surface area contributed by atoms with E-state index in [4.69, 9.17) is 23.2 Å². The van der Waals surface area contributed by atoms with Gasteiger partial charge in [0.15, 0.2) is 0 Å². The van der Waals surface area contributed by atoms with E-state index in [1.54, 1.807) is 59.3 Å². The number of aromatic nitrogens is 2. The third-order valence-electron chi connectivity index (χ3n) is 5.14. The van der Waals surface area contributed by atoms with E-state index in [2.05, 4.69) is 15.1 Å². The van der Waals surface area contributed by atoms with Crippen LogP contribution in [0.3, 0.4) is 0 Å². The van der Waals surface area contributed by atoms with Gasteiger partial charge in [0.1, 0.15) is 6.04 Å². The maximum Gasteiger partial charge on any atom is 0.243 e. The number of halogens is 2. The van der Waals surface area contributed by atoms with E-state index in [0.717, 1.165) is 23.2 Å². The minimum absolute atomic E-state index is 0.0921. The molecule has 4 rings (SSSR count). The Bertz CT molecular complexity index is 1360. The van der Waals surface area contributed by atoms with E-state index in [0.29, 0.717) is 21.3 Å². The van der Waals surface area contributed by atoms with Crippen LogP contribution < -0.4 is 10.0 Å². The highest BCUT2D eigenvalue weighted by Crippen LogP contribution is 2.26. The number of benzene rings is 3. The highest BCUT2D eigenvalue weighted by atomic mass is 35.5. The second-order valence-corrected chi connectivity index (χ2v) is 10.5. The summed E-state index contributed by atoms with van der Waals surface area (Å²) in [6.45, 7) is 0.0921. The Morgan fingerprint density at radius 1 is 0.943 bits per heavy atom. The fraction of sp³-hybridized carbons (Fsp3) is 0.120. The molecular formula is C25H22Cl2N4O3S.